The molecule has 3 aromatic carbocycles. The lowest BCUT2D eigenvalue weighted by Gasteiger charge is -2.30. The van der Waals surface area contributed by atoms with Crippen LogP contribution in [0.25, 0.3) is 0 Å². The summed E-state index contributed by atoms with van der Waals surface area (Å²) in [6.45, 7) is 0.507. The van der Waals surface area contributed by atoms with Crippen LogP contribution in [0.2, 0.25) is 10.0 Å². The van der Waals surface area contributed by atoms with Crippen LogP contribution in [0.15, 0.2) is 60.7 Å². The fraction of sp³-hybridized carbons (Fsp3) is 0.269. The monoisotopic (exact) mass is 527 g/mol. The van der Waals surface area contributed by atoms with Crippen LogP contribution in [0.3, 0.4) is 0 Å². The zero-order valence-corrected chi connectivity index (χ0v) is 21.0. The van der Waals surface area contributed by atoms with Gasteiger partial charge in [-0.25, -0.2) is 0 Å². The lowest BCUT2D eigenvalue weighted by Crippen LogP contribution is -2.54. The molecule has 2 heterocycles. The normalized spacial score (nSPS) is 22.9. The van der Waals surface area contributed by atoms with E-state index in [9.17, 15) is 14.9 Å². The van der Waals surface area contributed by atoms with E-state index in [0.29, 0.717) is 44.9 Å². The molecule has 1 fully saturated rings. The number of nitrogens with one attached hydrogen (secondary N) is 1. The highest BCUT2D eigenvalue weighted by Crippen LogP contribution is 2.52. The van der Waals surface area contributed by atoms with Gasteiger partial charge in [0.15, 0.2) is 17.0 Å². The summed E-state index contributed by atoms with van der Waals surface area (Å²) in [5, 5.41) is 16.4. The molecular formula is C26H23Cl2N3O5. The number of ether oxygens (including phenoxy) is 2. The predicted octanol–water partition coefficient (Wildman–Crippen LogP) is 5.10. The molecule has 1 N–H and O–H groups in total. The molecule has 2 aliphatic rings. The van der Waals surface area contributed by atoms with Gasteiger partial charge in [0.25, 0.3) is 11.9 Å². The number of para-hydroxylation sites is 1. The van der Waals surface area contributed by atoms with Gasteiger partial charge in [-0.2, -0.15) is 0 Å². The van der Waals surface area contributed by atoms with Gasteiger partial charge in [-0.1, -0.05) is 53.5 Å². The van der Waals surface area contributed by atoms with E-state index >= 15 is 0 Å². The molecule has 0 bridgehead atoms. The van der Waals surface area contributed by atoms with Crippen LogP contribution in [0, 0.1) is 10.1 Å². The second-order valence-corrected chi connectivity index (χ2v) is 9.76. The first kappa shape index (κ1) is 24.4. The minimum atomic E-state index is -1.40. The number of hydrogen-bond donors (Lipinski definition) is 1. The zero-order valence-electron chi connectivity index (χ0n) is 19.5. The Kier molecular flexibility index (Phi) is 6.28. The Bertz CT molecular complexity index is 1370. The molecule has 1 spiro atoms. The molecule has 1 saturated heterocycles. The number of rotatable bonds is 6. The van der Waals surface area contributed by atoms with Crippen LogP contribution in [-0.4, -0.2) is 42.5 Å². The third-order valence-corrected chi connectivity index (χ3v) is 7.64. The van der Waals surface area contributed by atoms with Crippen LogP contribution < -0.4 is 14.8 Å². The lowest BCUT2D eigenvalue weighted by molar-refractivity contribution is -0.534. The molecule has 1 amide bonds. The Balaban J connectivity index is 1.48. The summed E-state index contributed by atoms with van der Waals surface area (Å²) in [4.78, 5) is 27.2. The van der Waals surface area contributed by atoms with E-state index in [0.717, 1.165) is 5.56 Å². The van der Waals surface area contributed by atoms with Crippen molar-refractivity contribution in [2.75, 3.05) is 26.0 Å². The molecule has 3 atom stereocenters. The van der Waals surface area contributed by atoms with Gasteiger partial charge in [0, 0.05) is 38.3 Å². The third kappa shape index (κ3) is 3.77. The van der Waals surface area contributed by atoms with E-state index in [1.54, 1.807) is 72.6 Å². The lowest BCUT2D eigenvalue weighted by atomic mass is 9.79. The Morgan fingerprint density at radius 2 is 1.92 bits per heavy atom. The number of nitro groups is 1. The van der Waals surface area contributed by atoms with Crippen molar-refractivity contribution in [2.24, 2.45) is 0 Å². The third-order valence-electron chi connectivity index (χ3n) is 7.06. The number of hydrogen-bond acceptors (Lipinski definition) is 6. The van der Waals surface area contributed by atoms with Gasteiger partial charge in [-0.05, 0) is 42.9 Å². The van der Waals surface area contributed by atoms with Crippen molar-refractivity contribution in [1.82, 2.24) is 4.90 Å². The van der Waals surface area contributed by atoms with Crippen LogP contribution in [0.5, 0.6) is 11.5 Å². The summed E-state index contributed by atoms with van der Waals surface area (Å²) in [5.74, 6) is -0.0489. The molecule has 10 heteroatoms. The van der Waals surface area contributed by atoms with Crippen molar-refractivity contribution in [1.29, 1.82) is 0 Å². The molecule has 5 rings (SSSR count). The van der Waals surface area contributed by atoms with Gasteiger partial charge in [0.2, 0.25) is 0 Å². The average Bonchev–Trinajstić information content (AvgIpc) is 3.33. The first-order valence-corrected chi connectivity index (χ1v) is 12.0. The number of fused-ring (bicyclic) bond motifs is 2. The number of carbonyl (C=O) groups excluding carboxylic acids is 1. The quantitative estimate of drug-likeness (QED) is 0.354. The summed E-state index contributed by atoms with van der Waals surface area (Å²) in [7, 11) is 3.26. The molecular weight excluding hydrogens is 505 g/mol. The fourth-order valence-corrected chi connectivity index (χ4v) is 5.87. The smallest absolute Gasteiger partial charge is 0.256 e. The molecule has 8 nitrogen and oxygen atoms in total. The van der Waals surface area contributed by atoms with Crippen molar-refractivity contribution in [3.63, 3.8) is 0 Å². The van der Waals surface area contributed by atoms with Gasteiger partial charge in [-0.3, -0.25) is 19.8 Å². The average molecular weight is 528 g/mol. The largest absolute Gasteiger partial charge is 0.493 e. The minimum absolute atomic E-state index is 0.190. The SMILES string of the molecule is COc1cc([C@@H]2CN(C)[C@]3(C(=O)Nc4ccccc43)[C@H]2[N+](=O)[O-])ccc1OCc1ccc(Cl)cc1Cl. The van der Waals surface area contributed by atoms with E-state index in [2.05, 4.69) is 5.32 Å². The molecule has 186 valence electrons. The van der Waals surface area contributed by atoms with Gasteiger partial charge < -0.3 is 14.8 Å². The second-order valence-electron chi connectivity index (χ2n) is 8.92. The number of anilines is 1. The molecule has 36 heavy (non-hydrogen) atoms. The van der Waals surface area contributed by atoms with Crippen molar-refractivity contribution < 1.29 is 19.2 Å². The molecule has 0 radical (unpaired) electrons. The van der Waals surface area contributed by atoms with Crippen LogP contribution in [0.1, 0.15) is 22.6 Å². The number of amides is 1. The second kappa shape index (κ2) is 9.28. The van der Waals surface area contributed by atoms with Crippen LogP contribution in [-0.2, 0) is 16.9 Å². The molecule has 3 aromatic rings. The predicted molar refractivity (Wildman–Crippen MR) is 137 cm³/mol. The van der Waals surface area contributed by atoms with Gasteiger partial charge in [0.1, 0.15) is 6.61 Å². The zero-order chi connectivity index (χ0) is 25.6. The number of likely N-dealkylation sites (N-methyl/N-ethyl adjacent to an activating group) is 1. The summed E-state index contributed by atoms with van der Waals surface area (Å²) < 4.78 is 11.5. The van der Waals surface area contributed by atoms with Crippen molar-refractivity contribution in [2.45, 2.75) is 24.1 Å². The Hall–Kier alpha value is -3.33. The van der Waals surface area contributed by atoms with E-state index < -0.39 is 17.5 Å². The summed E-state index contributed by atoms with van der Waals surface area (Å²) >= 11 is 12.2. The van der Waals surface area contributed by atoms with Gasteiger partial charge >= 0.3 is 0 Å². The van der Waals surface area contributed by atoms with Gasteiger partial charge in [0.05, 0.1) is 13.0 Å². The van der Waals surface area contributed by atoms with E-state index in [1.165, 1.54) is 7.11 Å². The maximum atomic E-state index is 13.3. The Morgan fingerprint density at radius 3 is 2.64 bits per heavy atom. The Labute approximate surface area is 217 Å². The standard InChI is InChI=1S/C26H23Cl2N3O5/c1-30-13-18(24(31(33)34)26(30)19-5-3-4-6-21(19)29-25(26)32)15-8-10-22(23(11-15)35-2)36-14-16-7-9-17(27)12-20(16)28/h3-12,18,24H,13-14H2,1-2H3,(H,29,32)/t18-,24-,26-/m0/s1. The van der Waals surface area contributed by atoms with Crippen molar-refractivity contribution in [3.8, 4) is 11.5 Å². The fourth-order valence-electron chi connectivity index (χ4n) is 5.41. The number of carbonyl (C=O) groups is 1. The highest BCUT2D eigenvalue weighted by molar-refractivity contribution is 6.35. The maximum Gasteiger partial charge on any atom is 0.256 e. The highest BCUT2D eigenvalue weighted by atomic mass is 35.5. The summed E-state index contributed by atoms with van der Waals surface area (Å²) in [6.07, 6.45) is 0. The number of halogens is 2. The minimum Gasteiger partial charge on any atom is -0.493 e. The van der Waals surface area contributed by atoms with Crippen molar-refractivity contribution in [3.05, 3.63) is 97.5 Å². The number of likely N-dealkylation sites (tertiary alicyclic amines) is 1. The molecule has 0 unspecified atom stereocenters. The van der Waals surface area contributed by atoms with Crippen LogP contribution in [0.4, 0.5) is 5.69 Å². The van der Waals surface area contributed by atoms with E-state index in [-0.39, 0.29) is 17.4 Å². The molecule has 0 aliphatic carbocycles. The first-order valence-electron chi connectivity index (χ1n) is 11.3. The molecule has 2 aliphatic heterocycles. The summed E-state index contributed by atoms with van der Waals surface area (Å²) in [6, 6.07) is 16.3. The Morgan fingerprint density at radius 1 is 1.14 bits per heavy atom. The molecule has 0 aromatic heterocycles. The van der Waals surface area contributed by atoms with Crippen LogP contribution >= 0.6 is 23.2 Å². The number of methoxy groups -OCH3 is 1. The molecule has 0 saturated carbocycles. The van der Waals surface area contributed by atoms with Crippen molar-refractivity contribution >= 4 is 34.8 Å². The topological polar surface area (TPSA) is 93.9 Å². The van der Waals surface area contributed by atoms with Gasteiger partial charge in [-0.15, -0.1) is 0 Å². The summed E-state index contributed by atoms with van der Waals surface area (Å²) in [5.41, 5.74) is 1.26. The number of benzene rings is 3. The maximum absolute atomic E-state index is 13.3. The van der Waals surface area contributed by atoms with E-state index in [4.69, 9.17) is 32.7 Å². The highest BCUT2D eigenvalue weighted by Gasteiger charge is 2.68. The first-order chi connectivity index (χ1) is 17.3. The van der Waals surface area contributed by atoms with E-state index in [1.807, 2.05) is 0 Å². The number of nitrogens with zero attached hydrogens (tertiary/aromatic N) is 2.